The minimum Gasteiger partial charge on any atom is -0.389 e. The van der Waals surface area contributed by atoms with Crippen molar-refractivity contribution in [3.05, 3.63) is 75.6 Å². The van der Waals surface area contributed by atoms with Gasteiger partial charge in [-0.25, -0.2) is 9.18 Å². The fraction of sp³-hybridized carbons (Fsp3) is 0.310. The molecule has 1 unspecified atom stereocenters. The van der Waals surface area contributed by atoms with Crippen LogP contribution >= 0.6 is 23.1 Å². The van der Waals surface area contributed by atoms with Crippen LogP contribution in [0.1, 0.15) is 35.3 Å². The summed E-state index contributed by atoms with van der Waals surface area (Å²) in [6.45, 7) is 10.1. The van der Waals surface area contributed by atoms with Crippen molar-refractivity contribution in [1.82, 2.24) is 14.5 Å². The number of aromatic nitrogens is 2. The number of piperazine rings is 1. The van der Waals surface area contributed by atoms with Crippen LogP contribution in [0, 0.1) is 17.1 Å². The number of hydrogen-bond donors (Lipinski definition) is 1. The molecule has 0 radical (unpaired) electrons. The van der Waals surface area contributed by atoms with Crippen LogP contribution in [-0.4, -0.2) is 58.5 Å². The number of allylic oxidation sites excluding steroid dienone is 2. The summed E-state index contributed by atoms with van der Waals surface area (Å²) >= 11 is 2.27. The van der Waals surface area contributed by atoms with Crippen molar-refractivity contribution < 1.29 is 22.4 Å². The molecule has 1 aromatic carbocycles. The molecular formula is C29H26F4N6O2S2. The molecule has 3 aromatic rings. The lowest BCUT2D eigenvalue weighted by Gasteiger charge is -2.37. The lowest BCUT2D eigenvalue weighted by molar-refractivity contribution is -0.126. The van der Waals surface area contributed by atoms with E-state index in [1.54, 1.807) is 16.7 Å². The van der Waals surface area contributed by atoms with E-state index in [-0.39, 0.29) is 81.5 Å². The van der Waals surface area contributed by atoms with E-state index in [0.717, 1.165) is 29.5 Å². The first-order chi connectivity index (χ1) is 20.4. The monoisotopic (exact) mass is 630 g/mol. The molecule has 43 heavy (non-hydrogen) atoms. The Bertz CT molecular complexity index is 1800. The number of carbonyl (C=O) groups is 1. The van der Waals surface area contributed by atoms with Crippen LogP contribution in [0.15, 0.2) is 41.7 Å². The number of nitrogen functional groups attached to an aromatic ring is 1. The maximum Gasteiger partial charge on any atom is 0.417 e. The molecule has 0 aliphatic carbocycles. The zero-order chi connectivity index (χ0) is 31.2. The van der Waals surface area contributed by atoms with Gasteiger partial charge >= 0.3 is 11.9 Å². The Hall–Kier alpha value is -4.09. The number of thioether (sulfide) groups is 1. The molecule has 1 atom stereocenters. The average Bonchev–Trinajstić information content (AvgIpc) is 3.32. The Morgan fingerprint density at radius 2 is 1.95 bits per heavy atom. The van der Waals surface area contributed by atoms with E-state index in [2.05, 4.69) is 18.1 Å². The Balaban J connectivity index is 1.72. The summed E-state index contributed by atoms with van der Waals surface area (Å²) in [6.07, 6.45) is -2.80. The number of hydrogen-bond acceptors (Lipinski definition) is 8. The number of carbonyl (C=O) groups excluding carboxylic acids is 1. The maximum absolute atomic E-state index is 14.9. The number of rotatable bonds is 5. The van der Waals surface area contributed by atoms with E-state index < -0.39 is 28.8 Å². The lowest BCUT2D eigenvalue weighted by Crippen LogP contribution is -2.49. The molecule has 0 spiro atoms. The van der Waals surface area contributed by atoms with E-state index in [1.165, 1.54) is 22.4 Å². The van der Waals surface area contributed by atoms with E-state index >= 15 is 0 Å². The largest absolute Gasteiger partial charge is 0.417 e. The highest BCUT2D eigenvalue weighted by molar-refractivity contribution is 7.98. The van der Waals surface area contributed by atoms with Gasteiger partial charge in [-0.05, 0) is 36.3 Å². The number of anilines is 2. The Morgan fingerprint density at radius 1 is 1.26 bits per heavy atom. The van der Waals surface area contributed by atoms with Crippen molar-refractivity contribution in [2.75, 3.05) is 42.6 Å². The van der Waals surface area contributed by atoms with Gasteiger partial charge in [0, 0.05) is 60.4 Å². The van der Waals surface area contributed by atoms with Crippen LogP contribution in [0.4, 0.5) is 28.4 Å². The summed E-state index contributed by atoms with van der Waals surface area (Å²) < 4.78 is 60.7. The third-order valence-electron chi connectivity index (χ3n) is 7.53. The van der Waals surface area contributed by atoms with Gasteiger partial charge in [0.2, 0.25) is 5.91 Å². The highest BCUT2D eigenvalue weighted by Crippen LogP contribution is 2.45. The molecule has 2 aliphatic heterocycles. The van der Waals surface area contributed by atoms with Crippen molar-refractivity contribution in [2.45, 2.75) is 24.9 Å². The molecular weight excluding hydrogens is 604 g/mol. The molecule has 224 valence electrons. The second kappa shape index (κ2) is 11.5. The Labute approximate surface area is 252 Å². The van der Waals surface area contributed by atoms with Gasteiger partial charge in [0.1, 0.15) is 22.7 Å². The summed E-state index contributed by atoms with van der Waals surface area (Å²) in [7, 11) is 0. The number of alkyl halides is 3. The number of thiophene rings is 1. The molecule has 4 heterocycles. The van der Waals surface area contributed by atoms with Crippen molar-refractivity contribution in [3.8, 4) is 6.07 Å². The number of nitriles is 1. The van der Waals surface area contributed by atoms with E-state index in [9.17, 15) is 32.4 Å². The maximum atomic E-state index is 14.9. The topological polar surface area (TPSA) is 108 Å². The number of halogens is 4. The second-order valence-electron chi connectivity index (χ2n) is 10.1. The third-order valence-corrected chi connectivity index (χ3v) is 9.75. The molecule has 0 bridgehead atoms. The van der Waals surface area contributed by atoms with Crippen LogP contribution < -0.4 is 16.3 Å². The predicted octanol–water partition coefficient (Wildman–Crippen LogP) is 5.35. The first-order valence-corrected chi connectivity index (χ1v) is 15.1. The summed E-state index contributed by atoms with van der Waals surface area (Å²) in [4.78, 5) is 32.8. The van der Waals surface area contributed by atoms with Crippen LogP contribution in [0.25, 0.3) is 21.7 Å². The van der Waals surface area contributed by atoms with Crippen LogP contribution in [0.5, 0.6) is 0 Å². The van der Waals surface area contributed by atoms with Gasteiger partial charge in [-0.15, -0.1) is 11.3 Å². The summed E-state index contributed by atoms with van der Waals surface area (Å²) in [5.74, 6) is -0.0511. The Morgan fingerprint density at radius 3 is 2.58 bits per heavy atom. The minimum atomic E-state index is -4.93. The minimum absolute atomic E-state index is 0.0164. The molecule has 8 nitrogen and oxygen atoms in total. The molecule has 1 saturated heterocycles. The molecule has 2 aliphatic rings. The molecule has 5 rings (SSSR count). The Kier molecular flexibility index (Phi) is 8.15. The van der Waals surface area contributed by atoms with E-state index in [1.807, 2.05) is 6.07 Å². The standard InChI is InChI=1S/C29H26F4N6O2S2/c1-4-23(40)37-7-9-38(10-8-37)27-18(22-14-42-13-15(2)39(22)28(41)36-27)11-20(29(31,32)33)16(3)17-5-6-21(30)25-24(17)19(12-34)26(35)43-25/h4-6,11,15H,1,3,7-10,13-14,35H2,2H3/b20-11+. The number of benzene rings is 1. The zero-order valence-corrected chi connectivity index (χ0v) is 24.6. The number of nitrogens with two attached hydrogens (primary N) is 1. The average molecular weight is 631 g/mol. The van der Waals surface area contributed by atoms with Crippen LogP contribution in [-0.2, 0) is 10.5 Å². The van der Waals surface area contributed by atoms with Gasteiger partial charge in [0.05, 0.1) is 15.8 Å². The zero-order valence-electron chi connectivity index (χ0n) is 23.0. The SMILES string of the molecule is C=CC(=O)N1CCN(c2nc(=O)n3c(c2/C=C(\C(=C)c2ccc(F)c4sc(N)c(C#N)c24)C(F)(F)F)CSCC3C)CC1. The van der Waals surface area contributed by atoms with Crippen molar-refractivity contribution in [3.63, 3.8) is 0 Å². The number of fused-ring (bicyclic) bond motifs is 2. The quantitative estimate of drug-likeness (QED) is 0.230. The van der Waals surface area contributed by atoms with Gasteiger partial charge in [0.15, 0.2) is 0 Å². The smallest absolute Gasteiger partial charge is 0.389 e. The van der Waals surface area contributed by atoms with E-state index in [0.29, 0.717) is 11.4 Å². The first-order valence-electron chi connectivity index (χ1n) is 13.2. The van der Waals surface area contributed by atoms with Crippen molar-refractivity contribution in [1.29, 1.82) is 5.26 Å². The fourth-order valence-electron chi connectivity index (χ4n) is 5.42. The van der Waals surface area contributed by atoms with Crippen molar-refractivity contribution in [2.24, 2.45) is 0 Å². The predicted molar refractivity (Wildman–Crippen MR) is 162 cm³/mol. The highest BCUT2D eigenvalue weighted by atomic mass is 32.2. The summed E-state index contributed by atoms with van der Waals surface area (Å²) in [5, 5.41) is 9.62. The van der Waals surface area contributed by atoms with Gasteiger partial charge in [0.25, 0.3) is 0 Å². The first kappa shape index (κ1) is 30.4. The summed E-state index contributed by atoms with van der Waals surface area (Å²) in [6, 6.07) is 3.74. The highest BCUT2D eigenvalue weighted by Gasteiger charge is 2.38. The lowest BCUT2D eigenvalue weighted by atomic mass is 9.92. The second-order valence-corrected chi connectivity index (χ2v) is 12.2. The molecule has 1 fully saturated rings. The van der Waals surface area contributed by atoms with Gasteiger partial charge < -0.3 is 15.5 Å². The summed E-state index contributed by atoms with van der Waals surface area (Å²) in [5.41, 5.74) is 4.01. The molecule has 0 saturated carbocycles. The molecule has 14 heteroatoms. The van der Waals surface area contributed by atoms with Gasteiger partial charge in [-0.2, -0.15) is 35.2 Å². The fourth-order valence-corrected chi connectivity index (χ4v) is 7.46. The van der Waals surface area contributed by atoms with E-state index in [4.69, 9.17) is 5.73 Å². The normalized spacial score (nSPS) is 17.5. The molecule has 2 N–H and O–H groups in total. The molecule has 1 amide bonds. The van der Waals surface area contributed by atoms with Crippen LogP contribution in [0.2, 0.25) is 0 Å². The number of nitrogens with zero attached hydrogens (tertiary/aromatic N) is 5. The van der Waals surface area contributed by atoms with Crippen molar-refractivity contribution >= 4 is 61.6 Å². The van der Waals surface area contributed by atoms with Crippen LogP contribution in [0.3, 0.4) is 0 Å². The van der Waals surface area contributed by atoms with Gasteiger partial charge in [-0.1, -0.05) is 19.2 Å². The molecule has 2 aromatic heterocycles. The van der Waals surface area contributed by atoms with Gasteiger partial charge in [-0.3, -0.25) is 9.36 Å². The third kappa shape index (κ3) is 5.43. The number of amides is 1.